The van der Waals surface area contributed by atoms with Crippen LogP contribution in [0.15, 0.2) is 0 Å². The van der Waals surface area contributed by atoms with Gasteiger partial charge in [-0.25, -0.2) is 0 Å². The van der Waals surface area contributed by atoms with Crippen molar-refractivity contribution in [2.75, 3.05) is 0 Å². The van der Waals surface area contributed by atoms with Gasteiger partial charge >= 0.3 is 0 Å². The molecule has 0 aromatic carbocycles. The van der Waals surface area contributed by atoms with E-state index in [0.29, 0.717) is 6.42 Å². The van der Waals surface area contributed by atoms with Crippen LogP contribution < -0.4 is 0 Å². The minimum Gasteiger partial charge on any atom is -0.339 e. The molecule has 0 aliphatic rings. The van der Waals surface area contributed by atoms with Gasteiger partial charge in [0.1, 0.15) is 5.78 Å². The Kier molecular flexibility index (Phi) is 9.47. The van der Waals surface area contributed by atoms with E-state index in [-0.39, 0.29) is 34.8 Å². The standard InChI is InChI=1S/C8H13O2.Co/c1-3-4-5-8(10)6-7(2)9;/h2-6H2,1H3;/q-1;. The maximum absolute atomic E-state index is 10.8. The molecular formula is C8H13CoO2-. The minimum absolute atomic E-state index is 0. The first-order valence-electron chi connectivity index (χ1n) is 3.53. The second-order valence-corrected chi connectivity index (χ2v) is 2.36. The molecule has 0 rings (SSSR count). The van der Waals surface area contributed by atoms with Gasteiger partial charge in [-0.05, 0) is 6.42 Å². The van der Waals surface area contributed by atoms with Gasteiger partial charge in [0.15, 0.2) is 0 Å². The van der Waals surface area contributed by atoms with E-state index in [2.05, 4.69) is 6.92 Å². The summed E-state index contributed by atoms with van der Waals surface area (Å²) >= 11 is 0. The van der Waals surface area contributed by atoms with Crippen molar-refractivity contribution in [2.45, 2.75) is 32.6 Å². The summed E-state index contributed by atoms with van der Waals surface area (Å²) in [6, 6.07) is 0. The van der Waals surface area contributed by atoms with Crippen molar-refractivity contribution in [2.24, 2.45) is 0 Å². The molecule has 0 aliphatic heterocycles. The minimum atomic E-state index is -0.277. The maximum atomic E-state index is 10.8. The Labute approximate surface area is 77.9 Å². The summed E-state index contributed by atoms with van der Waals surface area (Å²) in [5, 5.41) is 0. The third-order valence-corrected chi connectivity index (χ3v) is 1.20. The Balaban J connectivity index is 0. The molecule has 0 bridgehead atoms. The zero-order chi connectivity index (χ0) is 7.98. The van der Waals surface area contributed by atoms with E-state index >= 15 is 0 Å². The second-order valence-electron chi connectivity index (χ2n) is 2.36. The molecule has 0 atom stereocenters. The average Bonchev–Trinajstić information content (AvgIpc) is 1.82. The van der Waals surface area contributed by atoms with E-state index in [9.17, 15) is 9.59 Å². The first kappa shape index (κ1) is 13.3. The number of hydrogen-bond acceptors (Lipinski definition) is 2. The van der Waals surface area contributed by atoms with Crippen molar-refractivity contribution in [3.63, 3.8) is 0 Å². The number of carbonyl (C=O) groups is 2. The van der Waals surface area contributed by atoms with E-state index in [1.807, 2.05) is 6.92 Å². The van der Waals surface area contributed by atoms with E-state index in [0.717, 1.165) is 12.8 Å². The van der Waals surface area contributed by atoms with Crippen molar-refractivity contribution < 1.29 is 26.4 Å². The molecule has 0 amide bonds. The van der Waals surface area contributed by atoms with Gasteiger partial charge < -0.3 is 11.7 Å². The van der Waals surface area contributed by atoms with Crippen LogP contribution in [0.5, 0.6) is 0 Å². The smallest absolute Gasteiger partial charge is 0.137 e. The summed E-state index contributed by atoms with van der Waals surface area (Å²) in [5.41, 5.74) is 0. The fourth-order valence-electron chi connectivity index (χ4n) is 0.682. The summed E-state index contributed by atoms with van der Waals surface area (Å²) in [7, 11) is 0. The third-order valence-electron chi connectivity index (χ3n) is 1.20. The molecule has 3 heteroatoms. The normalized spacial score (nSPS) is 8.45. The Morgan fingerprint density at radius 3 is 2.27 bits per heavy atom. The first-order chi connectivity index (χ1) is 4.66. The fraction of sp³-hybridized carbons (Fsp3) is 0.625. The van der Waals surface area contributed by atoms with Crippen LogP contribution in [0.4, 0.5) is 0 Å². The fourth-order valence-corrected chi connectivity index (χ4v) is 0.682. The maximum Gasteiger partial charge on any atom is 0.137 e. The molecule has 0 spiro atoms. The van der Waals surface area contributed by atoms with E-state index in [4.69, 9.17) is 0 Å². The van der Waals surface area contributed by atoms with Crippen molar-refractivity contribution in [1.29, 1.82) is 0 Å². The van der Waals surface area contributed by atoms with Crippen molar-refractivity contribution >= 4 is 11.6 Å². The number of carbonyl (C=O) groups excluding carboxylic acids is 2. The SMILES string of the molecule is [CH2-]C(=O)CC(=O)CCCC.[Co]. The van der Waals surface area contributed by atoms with Crippen LogP contribution >= 0.6 is 0 Å². The second kappa shape index (κ2) is 7.82. The average molecular weight is 200 g/mol. The quantitative estimate of drug-likeness (QED) is 0.498. The van der Waals surface area contributed by atoms with Crippen LogP contribution in [0.2, 0.25) is 0 Å². The van der Waals surface area contributed by atoms with E-state index in [1.165, 1.54) is 0 Å². The molecule has 0 saturated heterocycles. The summed E-state index contributed by atoms with van der Waals surface area (Å²) in [5.74, 6) is -0.261. The molecule has 11 heavy (non-hydrogen) atoms. The molecule has 0 saturated carbocycles. The Bertz CT molecular complexity index is 132. The van der Waals surface area contributed by atoms with Gasteiger partial charge in [0, 0.05) is 35.4 Å². The topological polar surface area (TPSA) is 34.1 Å². The number of Topliss-reactive ketones (excluding diaryl/α,β-unsaturated/α-hetero) is 2. The molecule has 0 aromatic heterocycles. The van der Waals surface area contributed by atoms with Gasteiger partial charge in [0.2, 0.25) is 0 Å². The largest absolute Gasteiger partial charge is 0.339 e. The van der Waals surface area contributed by atoms with Crippen LogP contribution in [0.3, 0.4) is 0 Å². The van der Waals surface area contributed by atoms with Gasteiger partial charge in [-0.3, -0.25) is 4.79 Å². The predicted molar refractivity (Wildman–Crippen MR) is 39.5 cm³/mol. The van der Waals surface area contributed by atoms with Crippen LogP contribution in [-0.4, -0.2) is 11.6 Å². The zero-order valence-electron chi connectivity index (χ0n) is 6.69. The molecule has 0 heterocycles. The molecule has 0 unspecified atom stereocenters. The number of ketones is 2. The number of hydrogen-bond donors (Lipinski definition) is 0. The molecule has 0 aliphatic carbocycles. The monoisotopic (exact) mass is 200 g/mol. The van der Waals surface area contributed by atoms with E-state index in [1.54, 1.807) is 0 Å². The van der Waals surface area contributed by atoms with Gasteiger partial charge in [-0.1, -0.05) is 13.3 Å². The van der Waals surface area contributed by atoms with Crippen molar-refractivity contribution in [3.05, 3.63) is 6.92 Å². The van der Waals surface area contributed by atoms with Gasteiger partial charge in [-0.15, -0.1) is 0 Å². The number of unbranched alkanes of at least 4 members (excludes halogenated alkanes) is 1. The summed E-state index contributed by atoms with van der Waals surface area (Å²) in [6.45, 7) is 5.14. The Hall–Kier alpha value is -0.284. The Morgan fingerprint density at radius 2 is 1.91 bits per heavy atom. The predicted octanol–water partition coefficient (Wildman–Crippen LogP) is 1.54. The van der Waals surface area contributed by atoms with Crippen LogP contribution in [-0.2, 0) is 26.4 Å². The van der Waals surface area contributed by atoms with Gasteiger partial charge in [-0.2, -0.15) is 0 Å². The molecule has 1 radical (unpaired) electrons. The van der Waals surface area contributed by atoms with E-state index < -0.39 is 0 Å². The zero-order valence-corrected chi connectivity index (χ0v) is 7.73. The molecule has 0 fully saturated rings. The van der Waals surface area contributed by atoms with Gasteiger partial charge in [0.05, 0.1) is 0 Å². The van der Waals surface area contributed by atoms with Crippen LogP contribution in [0, 0.1) is 6.92 Å². The van der Waals surface area contributed by atoms with Gasteiger partial charge in [0.25, 0.3) is 0 Å². The first-order valence-corrected chi connectivity index (χ1v) is 3.53. The number of rotatable bonds is 5. The van der Waals surface area contributed by atoms with Crippen molar-refractivity contribution in [3.8, 4) is 0 Å². The van der Waals surface area contributed by atoms with Crippen LogP contribution in [0.1, 0.15) is 32.6 Å². The molecule has 67 valence electrons. The van der Waals surface area contributed by atoms with Crippen molar-refractivity contribution in [1.82, 2.24) is 0 Å². The third kappa shape index (κ3) is 9.72. The molecule has 2 nitrogen and oxygen atoms in total. The summed E-state index contributed by atoms with van der Waals surface area (Å²) < 4.78 is 0. The van der Waals surface area contributed by atoms with Crippen LogP contribution in [0.25, 0.3) is 0 Å². The molecular weight excluding hydrogens is 187 g/mol. The molecule has 0 aromatic rings. The molecule has 0 N–H and O–H groups in total. The Morgan fingerprint density at radius 1 is 1.36 bits per heavy atom. The summed E-state index contributed by atoms with van der Waals surface area (Å²) in [4.78, 5) is 21.0. The summed E-state index contributed by atoms with van der Waals surface area (Å²) in [6.07, 6.45) is 2.42.